The highest BCUT2D eigenvalue weighted by Gasteiger charge is 2.42. The Kier molecular flexibility index (Phi) is 5.42. The lowest BCUT2D eigenvalue weighted by atomic mass is 10.0. The Balaban J connectivity index is 2.05. The SMILES string of the molecule is Cc1cccc([C@H](NC(=O)CC2OCCCO2)C(F)(F)F)c1. The van der Waals surface area contributed by atoms with Crippen molar-refractivity contribution in [3.05, 3.63) is 35.4 Å². The largest absolute Gasteiger partial charge is 0.412 e. The Bertz CT molecular complexity index is 513. The van der Waals surface area contributed by atoms with Crippen LogP contribution < -0.4 is 5.32 Å². The average Bonchev–Trinajstić information content (AvgIpc) is 2.44. The molecule has 1 heterocycles. The van der Waals surface area contributed by atoms with E-state index in [1.54, 1.807) is 13.0 Å². The Hall–Kier alpha value is -1.60. The Labute approximate surface area is 126 Å². The molecule has 1 N–H and O–H groups in total. The van der Waals surface area contributed by atoms with Gasteiger partial charge in [0.05, 0.1) is 19.6 Å². The van der Waals surface area contributed by atoms with Crippen LogP contribution in [-0.4, -0.2) is 31.6 Å². The number of hydrogen-bond acceptors (Lipinski definition) is 3. The molecular formula is C15H18F3NO3. The fourth-order valence-corrected chi connectivity index (χ4v) is 2.23. The number of benzene rings is 1. The first kappa shape index (κ1) is 16.8. The molecule has 1 aliphatic rings. The van der Waals surface area contributed by atoms with Crippen LogP contribution in [0.3, 0.4) is 0 Å². The number of ether oxygens (including phenoxy) is 2. The predicted molar refractivity (Wildman–Crippen MR) is 73.0 cm³/mol. The van der Waals surface area contributed by atoms with Gasteiger partial charge in [0.15, 0.2) is 12.3 Å². The van der Waals surface area contributed by atoms with Gasteiger partial charge in [0.1, 0.15) is 0 Å². The molecule has 1 atom stereocenters. The lowest BCUT2D eigenvalue weighted by Crippen LogP contribution is -2.40. The zero-order valence-corrected chi connectivity index (χ0v) is 12.2. The second-order valence-corrected chi connectivity index (χ2v) is 5.19. The molecule has 1 saturated heterocycles. The fraction of sp³-hybridized carbons (Fsp3) is 0.533. The van der Waals surface area contributed by atoms with Crippen LogP contribution in [0.1, 0.15) is 30.0 Å². The first-order valence-electron chi connectivity index (χ1n) is 7.02. The van der Waals surface area contributed by atoms with Crippen molar-refractivity contribution < 1.29 is 27.4 Å². The van der Waals surface area contributed by atoms with Crippen molar-refractivity contribution in [1.29, 1.82) is 0 Å². The minimum atomic E-state index is -4.57. The molecule has 0 saturated carbocycles. The summed E-state index contributed by atoms with van der Waals surface area (Å²) in [5.74, 6) is -0.754. The number of nitrogens with one attached hydrogen (secondary N) is 1. The fourth-order valence-electron chi connectivity index (χ4n) is 2.23. The summed E-state index contributed by atoms with van der Waals surface area (Å²) in [5, 5.41) is 2.02. The standard InChI is InChI=1S/C15H18F3NO3/c1-10-4-2-5-11(8-10)14(15(16,17)18)19-12(20)9-13-21-6-3-7-22-13/h2,4-5,8,13-14H,3,6-7,9H2,1H3,(H,19,20)/t14-/m0/s1. The van der Waals surface area contributed by atoms with Crippen LogP contribution >= 0.6 is 0 Å². The summed E-state index contributed by atoms with van der Waals surface area (Å²) >= 11 is 0. The number of hydrogen-bond donors (Lipinski definition) is 1. The van der Waals surface area contributed by atoms with E-state index in [9.17, 15) is 18.0 Å². The maximum absolute atomic E-state index is 13.2. The Morgan fingerprint density at radius 1 is 1.36 bits per heavy atom. The summed E-state index contributed by atoms with van der Waals surface area (Å²) in [6.45, 7) is 2.58. The normalized spacial score (nSPS) is 18.0. The van der Waals surface area contributed by atoms with E-state index < -0.39 is 24.4 Å². The van der Waals surface area contributed by atoms with E-state index in [4.69, 9.17) is 9.47 Å². The smallest absolute Gasteiger partial charge is 0.352 e. The third-order valence-corrected chi connectivity index (χ3v) is 3.26. The van der Waals surface area contributed by atoms with Crippen LogP contribution in [0.2, 0.25) is 0 Å². The molecule has 1 aliphatic heterocycles. The number of carbonyl (C=O) groups excluding carboxylic acids is 1. The molecule has 1 amide bonds. The van der Waals surface area contributed by atoms with Gasteiger partial charge in [-0.2, -0.15) is 13.2 Å². The second-order valence-electron chi connectivity index (χ2n) is 5.19. The van der Waals surface area contributed by atoms with Crippen LogP contribution in [0.15, 0.2) is 24.3 Å². The molecule has 1 fully saturated rings. The van der Waals surface area contributed by atoms with Crippen LogP contribution in [0.25, 0.3) is 0 Å². The van der Waals surface area contributed by atoms with Crippen LogP contribution in [0.4, 0.5) is 13.2 Å². The Morgan fingerprint density at radius 2 is 2.05 bits per heavy atom. The molecule has 0 radical (unpaired) electrons. The first-order valence-corrected chi connectivity index (χ1v) is 7.02. The van der Waals surface area contributed by atoms with E-state index in [-0.39, 0.29) is 12.0 Å². The van der Waals surface area contributed by atoms with Gasteiger partial charge in [-0.05, 0) is 18.9 Å². The highest BCUT2D eigenvalue weighted by molar-refractivity contribution is 5.77. The monoisotopic (exact) mass is 317 g/mol. The molecular weight excluding hydrogens is 299 g/mol. The van der Waals surface area contributed by atoms with E-state index >= 15 is 0 Å². The van der Waals surface area contributed by atoms with Crippen LogP contribution in [0.5, 0.6) is 0 Å². The van der Waals surface area contributed by atoms with Gasteiger partial charge >= 0.3 is 6.18 Å². The molecule has 0 spiro atoms. The first-order chi connectivity index (χ1) is 10.4. The molecule has 0 bridgehead atoms. The highest BCUT2D eigenvalue weighted by Crippen LogP contribution is 2.33. The van der Waals surface area contributed by atoms with Crippen molar-refractivity contribution in [3.8, 4) is 0 Å². The maximum atomic E-state index is 13.2. The zero-order valence-electron chi connectivity index (χ0n) is 12.2. The number of rotatable bonds is 4. The van der Waals surface area contributed by atoms with Crippen LogP contribution in [-0.2, 0) is 14.3 Å². The molecule has 1 aromatic rings. The van der Waals surface area contributed by atoms with E-state index in [1.165, 1.54) is 18.2 Å². The van der Waals surface area contributed by atoms with E-state index in [0.29, 0.717) is 25.2 Å². The number of aryl methyl sites for hydroxylation is 1. The molecule has 4 nitrogen and oxygen atoms in total. The third-order valence-electron chi connectivity index (χ3n) is 3.26. The third kappa shape index (κ3) is 4.71. The summed E-state index contributed by atoms with van der Waals surface area (Å²) in [7, 11) is 0. The summed E-state index contributed by atoms with van der Waals surface area (Å²) in [4.78, 5) is 11.9. The molecule has 0 aliphatic carbocycles. The lowest BCUT2D eigenvalue weighted by Gasteiger charge is -2.25. The molecule has 0 unspecified atom stereocenters. The van der Waals surface area contributed by atoms with Crippen LogP contribution in [0, 0.1) is 6.92 Å². The van der Waals surface area contributed by atoms with E-state index in [0.717, 1.165) is 0 Å². The van der Waals surface area contributed by atoms with Gasteiger partial charge in [-0.25, -0.2) is 0 Å². The van der Waals surface area contributed by atoms with Crippen molar-refractivity contribution in [3.63, 3.8) is 0 Å². The number of halogens is 3. The maximum Gasteiger partial charge on any atom is 0.412 e. The summed E-state index contributed by atoms with van der Waals surface area (Å²) in [5.41, 5.74) is 0.700. The average molecular weight is 317 g/mol. The molecule has 22 heavy (non-hydrogen) atoms. The zero-order chi connectivity index (χ0) is 16.2. The van der Waals surface area contributed by atoms with Crippen molar-refractivity contribution in [2.75, 3.05) is 13.2 Å². The second kappa shape index (κ2) is 7.11. The topological polar surface area (TPSA) is 47.6 Å². The van der Waals surface area contributed by atoms with Crippen molar-refractivity contribution in [2.24, 2.45) is 0 Å². The van der Waals surface area contributed by atoms with Gasteiger partial charge < -0.3 is 14.8 Å². The molecule has 0 aromatic heterocycles. The minimum Gasteiger partial charge on any atom is -0.352 e. The number of amides is 1. The van der Waals surface area contributed by atoms with Gasteiger partial charge in [0.2, 0.25) is 5.91 Å². The van der Waals surface area contributed by atoms with Gasteiger partial charge in [-0.1, -0.05) is 29.8 Å². The van der Waals surface area contributed by atoms with Gasteiger partial charge in [-0.3, -0.25) is 4.79 Å². The van der Waals surface area contributed by atoms with Crippen molar-refractivity contribution in [2.45, 2.75) is 38.3 Å². The van der Waals surface area contributed by atoms with Gasteiger partial charge in [0.25, 0.3) is 0 Å². The predicted octanol–water partition coefficient (Wildman–Crippen LogP) is 2.87. The molecule has 122 valence electrons. The van der Waals surface area contributed by atoms with Gasteiger partial charge in [-0.15, -0.1) is 0 Å². The minimum absolute atomic E-state index is 0.00586. The molecule has 1 aromatic carbocycles. The Morgan fingerprint density at radius 3 is 2.64 bits per heavy atom. The van der Waals surface area contributed by atoms with Gasteiger partial charge in [0, 0.05) is 0 Å². The number of carbonyl (C=O) groups is 1. The molecule has 2 rings (SSSR count). The highest BCUT2D eigenvalue weighted by atomic mass is 19.4. The summed E-state index contributed by atoms with van der Waals surface area (Å²) < 4.78 is 50.0. The van der Waals surface area contributed by atoms with E-state index in [1.807, 2.05) is 5.32 Å². The van der Waals surface area contributed by atoms with Crippen molar-refractivity contribution in [1.82, 2.24) is 5.32 Å². The quantitative estimate of drug-likeness (QED) is 0.929. The summed E-state index contributed by atoms with van der Waals surface area (Å²) in [6.07, 6.45) is -4.89. The van der Waals surface area contributed by atoms with Crippen molar-refractivity contribution >= 4 is 5.91 Å². The van der Waals surface area contributed by atoms with E-state index in [2.05, 4.69) is 0 Å². The number of alkyl halides is 3. The summed E-state index contributed by atoms with van der Waals surface area (Å²) in [6, 6.07) is 3.94. The molecule has 7 heteroatoms. The lowest BCUT2D eigenvalue weighted by molar-refractivity contribution is -0.188.